The quantitative estimate of drug-likeness (QED) is 0.676. The van der Waals surface area contributed by atoms with Gasteiger partial charge in [-0.25, -0.2) is 8.78 Å². The van der Waals surface area contributed by atoms with E-state index in [1.807, 2.05) is 17.0 Å². The summed E-state index contributed by atoms with van der Waals surface area (Å²) in [6.45, 7) is 7.44. The first-order valence-corrected chi connectivity index (χ1v) is 11.9. The summed E-state index contributed by atoms with van der Waals surface area (Å²) < 4.78 is 32.8. The Labute approximate surface area is 185 Å². The number of rotatable bonds is 8. The van der Waals surface area contributed by atoms with Crippen LogP contribution in [0.25, 0.3) is 0 Å². The van der Waals surface area contributed by atoms with E-state index in [0.717, 1.165) is 25.4 Å². The van der Waals surface area contributed by atoms with Crippen molar-refractivity contribution in [3.05, 3.63) is 29.8 Å². The number of ether oxygens (including phenoxy) is 1. The number of alkyl halides is 2. The molecular formula is C24H37F2N3O2. The second-order valence-electron chi connectivity index (χ2n) is 9.72. The Morgan fingerprint density at radius 1 is 0.903 bits per heavy atom. The predicted octanol–water partition coefficient (Wildman–Crippen LogP) is 3.22. The van der Waals surface area contributed by atoms with E-state index in [-0.39, 0.29) is 12.8 Å². The highest BCUT2D eigenvalue weighted by molar-refractivity contribution is 5.28. The monoisotopic (exact) mass is 437 g/mol. The lowest BCUT2D eigenvalue weighted by Gasteiger charge is -2.36. The minimum Gasteiger partial charge on any atom is -0.492 e. The summed E-state index contributed by atoms with van der Waals surface area (Å²) in [5, 5.41) is 11.0. The lowest BCUT2D eigenvalue weighted by atomic mass is 10.00. The fraction of sp³-hybridized carbons (Fsp3) is 0.750. The molecule has 0 spiro atoms. The number of β-amino-alcohol motifs (C(OH)–C–C–N with tert-alkyl or cyclic N) is 1. The molecule has 0 aromatic heterocycles. The fourth-order valence-electron chi connectivity index (χ4n) is 5.13. The predicted molar refractivity (Wildman–Crippen MR) is 118 cm³/mol. The molecule has 174 valence electrons. The molecule has 0 saturated carbocycles. The molecule has 0 unspecified atom stereocenters. The molecule has 5 nitrogen and oxygen atoms in total. The van der Waals surface area contributed by atoms with Crippen molar-refractivity contribution in [1.82, 2.24) is 14.7 Å². The van der Waals surface area contributed by atoms with E-state index >= 15 is 0 Å². The van der Waals surface area contributed by atoms with Gasteiger partial charge in [0.05, 0.1) is 5.60 Å². The number of hydrogen-bond donors (Lipinski definition) is 1. The Kier molecular flexibility index (Phi) is 7.47. The number of halogens is 2. The van der Waals surface area contributed by atoms with E-state index < -0.39 is 11.5 Å². The zero-order valence-electron chi connectivity index (χ0n) is 18.6. The van der Waals surface area contributed by atoms with E-state index in [1.54, 1.807) is 0 Å². The average Bonchev–Trinajstić information content (AvgIpc) is 3.11. The Balaban J connectivity index is 1.22. The van der Waals surface area contributed by atoms with Crippen LogP contribution in [0.1, 0.15) is 44.1 Å². The molecule has 0 bridgehead atoms. The van der Waals surface area contributed by atoms with Crippen molar-refractivity contribution in [2.45, 2.75) is 56.6 Å². The molecule has 3 aliphatic heterocycles. The van der Waals surface area contributed by atoms with Crippen LogP contribution in [0.2, 0.25) is 0 Å². The van der Waals surface area contributed by atoms with Gasteiger partial charge in [-0.15, -0.1) is 0 Å². The minimum atomic E-state index is -2.54. The van der Waals surface area contributed by atoms with Crippen molar-refractivity contribution in [1.29, 1.82) is 0 Å². The van der Waals surface area contributed by atoms with Crippen molar-refractivity contribution in [3.8, 4) is 5.75 Å². The van der Waals surface area contributed by atoms with Crippen molar-refractivity contribution in [3.63, 3.8) is 0 Å². The SMILES string of the molecule is O[C@]1(CN2CCC(F)(F)CC2)CCN(Cc2cccc(OCCN3CCCCC3)c2)C1. The highest BCUT2D eigenvalue weighted by Gasteiger charge is 2.40. The normalized spacial score (nSPS) is 28.1. The first-order valence-electron chi connectivity index (χ1n) is 11.9. The van der Waals surface area contributed by atoms with Crippen LogP contribution < -0.4 is 4.74 Å². The van der Waals surface area contributed by atoms with E-state index in [2.05, 4.69) is 21.9 Å². The molecule has 7 heteroatoms. The standard InChI is InChI=1S/C24H37F2N3O2/c25-24(26)8-13-28(14-9-24)19-23(30)7-12-29(20-23)18-21-5-4-6-22(17-21)31-16-15-27-10-2-1-3-11-27/h4-6,17,30H,1-3,7-16,18-20H2/t23-/m0/s1. The van der Waals surface area contributed by atoms with Gasteiger partial charge in [0.2, 0.25) is 0 Å². The molecule has 0 amide bonds. The Morgan fingerprint density at radius 2 is 1.65 bits per heavy atom. The van der Waals surface area contributed by atoms with Crippen molar-refractivity contribution in [2.24, 2.45) is 0 Å². The number of benzene rings is 1. The van der Waals surface area contributed by atoms with Gasteiger partial charge < -0.3 is 9.84 Å². The summed E-state index contributed by atoms with van der Waals surface area (Å²) >= 11 is 0. The van der Waals surface area contributed by atoms with Gasteiger partial charge in [-0.05, 0) is 50.0 Å². The summed E-state index contributed by atoms with van der Waals surface area (Å²) in [6, 6.07) is 8.23. The van der Waals surface area contributed by atoms with Crippen molar-refractivity contribution >= 4 is 0 Å². The fourth-order valence-corrected chi connectivity index (χ4v) is 5.13. The van der Waals surface area contributed by atoms with Crippen LogP contribution in [-0.4, -0.2) is 90.3 Å². The molecule has 3 heterocycles. The maximum Gasteiger partial charge on any atom is 0.250 e. The van der Waals surface area contributed by atoms with Gasteiger partial charge in [0, 0.05) is 58.7 Å². The first kappa shape index (κ1) is 22.9. The van der Waals surface area contributed by atoms with Crippen LogP contribution in [0.3, 0.4) is 0 Å². The Hall–Kier alpha value is -1.28. The molecular weight excluding hydrogens is 400 g/mol. The average molecular weight is 438 g/mol. The zero-order chi connectivity index (χ0) is 21.7. The first-order chi connectivity index (χ1) is 14.9. The second kappa shape index (κ2) is 10.1. The van der Waals surface area contributed by atoms with Crippen molar-refractivity contribution < 1.29 is 18.6 Å². The smallest absolute Gasteiger partial charge is 0.250 e. The Bertz CT molecular complexity index is 704. The van der Waals surface area contributed by atoms with Gasteiger partial charge in [-0.2, -0.15) is 0 Å². The third-order valence-corrected chi connectivity index (χ3v) is 6.95. The number of piperidine rings is 2. The molecule has 0 aliphatic carbocycles. The molecule has 31 heavy (non-hydrogen) atoms. The van der Waals surface area contributed by atoms with Gasteiger partial charge in [-0.3, -0.25) is 14.7 Å². The van der Waals surface area contributed by atoms with Gasteiger partial charge in [0.15, 0.2) is 0 Å². The number of aliphatic hydroxyl groups is 1. The van der Waals surface area contributed by atoms with Crippen LogP contribution in [-0.2, 0) is 6.54 Å². The lowest BCUT2D eigenvalue weighted by Crippen LogP contribution is -2.49. The van der Waals surface area contributed by atoms with Crippen molar-refractivity contribution in [2.75, 3.05) is 59.0 Å². The number of likely N-dealkylation sites (tertiary alicyclic amines) is 3. The second-order valence-corrected chi connectivity index (χ2v) is 9.72. The van der Waals surface area contributed by atoms with Gasteiger partial charge in [0.1, 0.15) is 12.4 Å². The Morgan fingerprint density at radius 3 is 2.42 bits per heavy atom. The molecule has 1 aromatic rings. The molecule has 3 saturated heterocycles. The maximum absolute atomic E-state index is 13.4. The molecule has 1 atom stereocenters. The number of hydrogen-bond acceptors (Lipinski definition) is 5. The third-order valence-electron chi connectivity index (χ3n) is 6.95. The molecule has 0 radical (unpaired) electrons. The van der Waals surface area contributed by atoms with E-state index in [4.69, 9.17) is 4.74 Å². The highest BCUT2D eigenvalue weighted by atomic mass is 19.3. The summed E-state index contributed by atoms with van der Waals surface area (Å²) in [7, 11) is 0. The minimum absolute atomic E-state index is 0.0999. The van der Waals surface area contributed by atoms with Crippen LogP contribution in [0.5, 0.6) is 5.75 Å². The summed E-state index contributed by atoms with van der Waals surface area (Å²) in [5.41, 5.74) is 0.368. The maximum atomic E-state index is 13.4. The summed E-state index contributed by atoms with van der Waals surface area (Å²) in [5.74, 6) is -1.64. The molecule has 1 aromatic carbocycles. The summed E-state index contributed by atoms with van der Waals surface area (Å²) in [6.07, 6.45) is 4.42. The van der Waals surface area contributed by atoms with E-state index in [1.165, 1.54) is 37.9 Å². The molecule has 4 rings (SSSR count). The third kappa shape index (κ3) is 6.85. The molecule has 3 aliphatic rings. The summed E-state index contributed by atoms with van der Waals surface area (Å²) in [4.78, 5) is 6.73. The van der Waals surface area contributed by atoms with Crippen LogP contribution in [0, 0.1) is 0 Å². The van der Waals surface area contributed by atoms with Crippen LogP contribution in [0.4, 0.5) is 8.78 Å². The number of nitrogens with zero attached hydrogens (tertiary/aromatic N) is 3. The zero-order valence-corrected chi connectivity index (χ0v) is 18.6. The highest BCUT2D eigenvalue weighted by Crippen LogP contribution is 2.30. The van der Waals surface area contributed by atoms with Gasteiger partial charge >= 0.3 is 0 Å². The molecule has 1 N–H and O–H groups in total. The topological polar surface area (TPSA) is 39.2 Å². The van der Waals surface area contributed by atoms with E-state index in [0.29, 0.717) is 39.2 Å². The largest absolute Gasteiger partial charge is 0.492 e. The van der Waals surface area contributed by atoms with Crippen LogP contribution >= 0.6 is 0 Å². The van der Waals surface area contributed by atoms with Gasteiger partial charge in [-0.1, -0.05) is 18.6 Å². The van der Waals surface area contributed by atoms with E-state index in [9.17, 15) is 13.9 Å². The lowest BCUT2D eigenvalue weighted by molar-refractivity contribution is -0.0724. The van der Waals surface area contributed by atoms with Crippen LogP contribution in [0.15, 0.2) is 24.3 Å². The van der Waals surface area contributed by atoms with Gasteiger partial charge in [0.25, 0.3) is 5.92 Å². The molecule has 3 fully saturated rings.